The maximum atomic E-state index is 12.3. The predicted molar refractivity (Wildman–Crippen MR) is 126 cm³/mol. The molecule has 0 aliphatic carbocycles. The summed E-state index contributed by atoms with van der Waals surface area (Å²) < 4.78 is 10.7. The van der Waals surface area contributed by atoms with Gasteiger partial charge in [-0.25, -0.2) is 0 Å². The van der Waals surface area contributed by atoms with E-state index < -0.39 is 24.4 Å². The summed E-state index contributed by atoms with van der Waals surface area (Å²) in [6.45, 7) is -0.389. The van der Waals surface area contributed by atoms with Crippen molar-refractivity contribution in [3.63, 3.8) is 0 Å². The number of hydrogen-bond acceptors (Lipinski definition) is 6. The van der Waals surface area contributed by atoms with Gasteiger partial charge in [-0.15, -0.1) is 0 Å². The van der Waals surface area contributed by atoms with E-state index in [9.17, 15) is 14.4 Å². The van der Waals surface area contributed by atoms with E-state index in [1.54, 1.807) is 30.3 Å². The van der Waals surface area contributed by atoms with Gasteiger partial charge in [-0.2, -0.15) is 5.10 Å². The van der Waals surface area contributed by atoms with E-state index in [0.717, 1.165) is 5.52 Å². The van der Waals surface area contributed by atoms with Gasteiger partial charge in [0.1, 0.15) is 11.5 Å². The van der Waals surface area contributed by atoms with Gasteiger partial charge in [0, 0.05) is 23.7 Å². The lowest BCUT2D eigenvalue weighted by Gasteiger charge is -2.09. The number of fused-ring (bicyclic) bond motifs is 1. The van der Waals surface area contributed by atoms with Crippen LogP contribution in [0.25, 0.3) is 10.9 Å². The highest BCUT2D eigenvalue weighted by Crippen LogP contribution is 2.23. The molecule has 0 radical (unpaired) electrons. The van der Waals surface area contributed by atoms with Gasteiger partial charge in [0.05, 0.1) is 11.9 Å². The number of benzene rings is 3. The Bertz CT molecular complexity index is 1300. The van der Waals surface area contributed by atoms with Crippen LogP contribution in [0.4, 0.5) is 5.69 Å². The van der Waals surface area contributed by atoms with E-state index in [4.69, 9.17) is 9.47 Å². The molecule has 0 atom stereocenters. The van der Waals surface area contributed by atoms with Crippen molar-refractivity contribution in [3.05, 3.63) is 84.6 Å². The zero-order chi connectivity index (χ0) is 23.8. The maximum absolute atomic E-state index is 12.3. The Kier molecular flexibility index (Phi) is 7.14. The second-order valence-electron chi connectivity index (χ2n) is 7.28. The Hall–Kier alpha value is -4.66. The lowest BCUT2D eigenvalue weighted by molar-refractivity contribution is -0.147. The number of H-pyrrole nitrogens is 1. The van der Waals surface area contributed by atoms with E-state index in [1.165, 1.54) is 0 Å². The molecule has 172 valence electrons. The molecule has 0 saturated heterocycles. The van der Waals surface area contributed by atoms with E-state index in [-0.39, 0.29) is 18.7 Å². The van der Waals surface area contributed by atoms with Crippen molar-refractivity contribution in [1.82, 2.24) is 15.5 Å². The zero-order valence-corrected chi connectivity index (χ0v) is 18.1. The van der Waals surface area contributed by atoms with Gasteiger partial charge in [0.15, 0.2) is 12.3 Å². The quantitative estimate of drug-likeness (QED) is 0.329. The number of para-hydroxylation sites is 2. The van der Waals surface area contributed by atoms with Gasteiger partial charge in [-0.1, -0.05) is 42.5 Å². The van der Waals surface area contributed by atoms with Gasteiger partial charge in [-0.05, 0) is 30.3 Å². The number of hydrogen-bond donors (Lipinski definition) is 3. The third-order valence-corrected chi connectivity index (χ3v) is 4.76. The fourth-order valence-electron chi connectivity index (χ4n) is 3.18. The Morgan fingerprint density at radius 3 is 2.50 bits per heavy atom. The first-order valence-corrected chi connectivity index (χ1v) is 10.6. The van der Waals surface area contributed by atoms with Gasteiger partial charge in [-0.3, -0.25) is 19.5 Å². The number of esters is 1. The van der Waals surface area contributed by atoms with E-state index in [2.05, 4.69) is 20.8 Å². The first kappa shape index (κ1) is 22.5. The van der Waals surface area contributed by atoms with Gasteiger partial charge >= 0.3 is 5.97 Å². The minimum Gasteiger partial charge on any atom is -0.457 e. The smallest absolute Gasteiger partial charge is 0.308 e. The van der Waals surface area contributed by atoms with Crippen LogP contribution in [0.1, 0.15) is 16.9 Å². The first-order valence-electron chi connectivity index (χ1n) is 10.6. The van der Waals surface area contributed by atoms with Crippen molar-refractivity contribution >= 4 is 34.4 Å². The van der Waals surface area contributed by atoms with Crippen molar-refractivity contribution in [2.24, 2.45) is 0 Å². The standard InChI is InChI=1S/C25H22N4O5/c30-22(27-17-7-6-10-19(15-17)34-18-8-2-1-3-9-18)16-33-23(31)13-14-26-25(32)24-20-11-4-5-12-21(20)28-29-24/h1-12,15H,13-14,16H2,(H,26,32)(H,27,30)(H,28,29). The first-order chi connectivity index (χ1) is 16.6. The van der Waals surface area contributed by atoms with Crippen LogP contribution >= 0.6 is 0 Å². The molecule has 3 N–H and O–H groups in total. The molecular formula is C25H22N4O5. The third kappa shape index (κ3) is 5.98. The monoisotopic (exact) mass is 458 g/mol. The largest absolute Gasteiger partial charge is 0.457 e. The number of anilines is 1. The number of aromatic nitrogens is 2. The number of rotatable bonds is 9. The lowest BCUT2D eigenvalue weighted by Crippen LogP contribution is -2.28. The van der Waals surface area contributed by atoms with Gasteiger partial charge in [0.25, 0.3) is 11.8 Å². The molecule has 2 amide bonds. The third-order valence-electron chi connectivity index (χ3n) is 4.76. The molecule has 0 aliphatic heterocycles. The molecule has 9 nitrogen and oxygen atoms in total. The number of aromatic amines is 1. The molecule has 0 saturated carbocycles. The van der Waals surface area contributed by atoms with Crippen molar-refractivity contribution in [2.45, 2.75) is 6.42 Å². The van der Waals surface area contributed by atoms with Gasteiger partial charge in [0.2, 0.25) is 0 Å². The topological polar surface area (TPSA) is 122 Å². The van der Waals surface area contributed by atoms with Crippen LogP contribution in [-0.4, -0.2) is 41.1 Å². The molecule has 4 rings (SSSR count). The van der Waals surface area contributed by atoms with Crippen LogP contribution in [0.15, 0.2) is 78.9 Å². The van der Waals surface area contributed by atoms with Crippen molar-refractivity contribution in [1.29, 1.82) is 0 Å². The van der Waals surface area contributed by atoms with Crippen LogP contribution in [-0.2, 0) is 14.3 Å². The summed E-state index contributed by atoms with van der Waals surface area (Å²) in [6.07, 6.45) is -0.0816. The van der Waals surface area contributed by atoms with E-state index in [0.29, 0.717) is 22.6 Å². The van der Waals surface area contributed by atoms with Crippen molar-refractivity contribution in [2.75, 3.05) is 18.5 Å². The fourth-order valence-corrected chi connectivity index (χ4v) is 3.18. The summed E-state index contributed by atoms with van der Waals surface area (Å²) in [5.41, 5.74) is 1.50. The Balaban J connectivity index is 1.19. The molecule has 0 bridgehead atoms. The predicted octanol–water partition coefficient (Wildman–Crippen LogP) is 3.66. The highest BCUT2D eigenvalue weighted by atomic mass is 16.5. The Morgan fingerprint density at radius 1 is 0.882 bits per heavy atom. The van der Waals surface area contributed by atoms with Crippen LogP contribution in [0.5, 0.6) is 11.5 Å². The lowest BCUT2D eigenvalue weighted by atomic mass is 10.2. The molecule has 1 heterocycles. The second-order valence-corrected chi connectivity index (χ2v) is 7.28. The summed E-state index contributed by atoms with van der Waals surface area (Å²) >= 11 is 0. The number of nitrogens with one attached hydrogen (secondary N) is 3. The summed E-state index contributed by atoms with van der Waals surface area (Å²) in [5.74, 6) is -0.268. The average molecular weight is 458 g/mol. The summed E-state index contributed by atoms with van der Waals surface area (Å²) in [4.78, 5) is 36.4. The van der Waals surface area contributed by atoms with E-state index >= 15 is 0 Å². The number of nitrogens with zero attached hydrogens (tertiary/aromatic N) is 1. The fraction of sp³-hybridized carbons (Fsp3) is 0.120. The van der Waals surface area contributed by atoms with Crippen molar-refractivity contribution < 1.29 is 23.9 Å². The highest BCUT2D eigenvalue weighted by molar-refractivity contribution is 6.04. The number of amides is 2. The Morgan fingerprint density at radius 2 is 1.65 bits per heavy atom. The molecule has 1 aromatic heterocycles. The zero-order valence-electron chi connectivity index (χ0n) is 18.1. The Labute approximate surface area is 195 Å². The molecule has 4 aromatic rings. The molecule has 9 heteroatoms. The minimum atomic E-state index is -0.608. The summed E-state index contributed by atoms with van der Waals surface area (Å²) in [5, 5.41) is 12.8. The molecule has 0 unspecified atom stereocenters. The SMILES string of the molecule is O=C(COC(=O)CCNC(=O)c1n[nH]c2ccccc12)Nc1cccc(Oc2ccccc2)c1. The molecule has 3 aromatic carbocycles. The van der Waals surface area contributed by atoms with Gasteiger partial charge < -0.3 is 20.1 Å². The van der Waals surface area contributed by atoms with Crippen LogP contribution in [0.3, 0.4) is 0 Å². The summed E-state index contributed by atoms with van der Waals surface area (Å²) in [7, 11) is 0. The number of ether oxygens (including phenoxy) is 2. The van der Waals surface area contributed by atoms with Crippen molar-refractivity contribution in [3.8, 4) is 11.5 Å². The number of carbonyl (C=O) groups is 3. The van der Waals surface area contributed by atoms with Crippen LogP contribution < -0.4 is 15.4 Å². The molecule has 0 spiro atoms. The normalized spacial score (nSPS) is 10.5. The highest BCUT2D eigenvalue weighted by Gasteiger charge is 2.14. The molecule has 34 heavy (non-hydrogen) atoms. The number of carbonyl (C=O) groups excluding carboxylic acids is 3. The average Bonchev–Trinajstić information content (AvgIpc) is 3.28. The minimum absolute atomic E-state index is 0.0549. The summed E-state index contributed by atoms with van der Waals surface area (Å²) in [6, 6.07) is 23.4. The molecule has 0 aliphatic rings. The maximum Gasteiger partial charge on any atom is 0.308 e. The molecular weight excluding hydrogens is 436 g/mol. The van der Waals surface area contributed by atoms with Crippen LogP contribution in [0, 0.1) is 0 Å². The second kappa shape index (κ2) is 10.8. The van der Waals surface area contributed by atoms with E-state index in [1.807, 2.05) is 48.5 Å². The molecule has 0 fully saturated rings. The van der Waals surface area contributed by atoms with Crippen LogP contribution in [0.2, 0.25) is 0 Å².